The van der Waals surface area contributed by atoms with E-state index in [1.54, 1.807) is 0 Å². The maximum Gasteiger partial charge on any atom is 0.0530 e. The topological polar surface area (TPSA) is 19.4 Å². The molecule has 6 heteroatoms. The first-order chi connectivity index (χ1) is 12.6. The molecular weight excluding hydrogens is 336 g/mol. The van der Waals surface area contributed by atoms with Crippen molar-refractivity contribution in [3.05, 3.63) is 0 Å². The van der Waals surface area contributed by atoms with Gasteiger partial charge < -0.3 is 14.7 Å². The molecule has 1 aliphatic rings. The lowest BCUT2D eigenvalue weighted by Gasteiger charge is -2.43. The van der Waals surface area contributed by atoms with E-state index in [1.165, 1.54) is 38.9 Å². The largest absolute Gasteiger partial charge is 0.307 e. The molecule has 0 spiro atoms. The van der Waals surface area contributed by atoms with Crippen LogP contribution in [0.5, 0.6) is 0 Å². The number of hydrogen-bond acceptors (Lipinski definition) is 6. The molecule has 3 atom stereocenters. The fourth-order valence-electron chi connectivity index (χ4n) is 3.29. The minimum atomic E-state index is 0.636. The molecule has 0 bridgehead atoms. The summed E-state index contributed by atoms with van der Waals surface area (Å²) in [6.45, 7) is 13.9. The molecule has 162 valence electrons. The van der Waals surface area contributed by atoms with Gasteiger partial charge in [0.2, 0.25) is 0 Å². The number of rotatable bonds is 12. The van der Waals surface area contributed by atoms with Gasteiger partial charge in [-0.05, 0) is 82.3 Å². The van der Waals surface area contributed by atoms with E-state index >= 15 is 0 Å². The second-order valence-corrected chi connectivity index (χ2v) is 9.41. The summed E-state index contributed by atoms with van der Waals surface area (Å²) in [5.74, 6) is 0. The Hall–Kier alpha value is -0.240. The van der Waals surface area contributed by atoms with Crippen molar-refractivity contribution in [2.45, 2.75) is 58.2 Å². The Morgan fingerprint density at radius 1 is 0.519 bits per heavy atom. The van der Waals surface area contributed by atoms with Gasteiger partial charge in [0, 0.05) is 37.8 Å². The van der Waals surface area contributed by atoms with Gasteiger partial charge in [0.25, 0.3) is 0 Å². The SMILES string of the molecule is CC(CCN1CN(CCC(C)N(C)C)CN(CCC(C)N(C)C)C1)N(C)C. The quantitative estimate of drug-likeness (QED) is 0.507. The second-order valence-electron chi connectivity index (χ2n) is 9.41. The van der Waals surface area contributed by atoms with Crippen LogP contribution in [0.2, 0.25) is 0 Å². The van der Waals surface area contributed by atoms with Gasteiger partial charge in [-0.25, -0.2) is 0 Å². The lowest BCUT2D eigenvalue weighted by atomic mass is 10.2. The first-order valence-corrected chi connectivity index (χ1v) is 10.8. The number of hydrogen-bond donors (Lipinski definition) is 0. The molecule has 0 N–H and O–H groups in total. The highest BCUT2D eigenvalue weighted by Crippen LogP contribution is 2.13. The molecule has 0 aromatic rings. The summed E-state index contributed by atoms with van der Waals surface area (Å²) >= 11 is 0. The Kier molecular flexibility index (Phi) is 11.3. The molecule has 0 amide bonds. The van der Waals surface area contributed by atoms with E-state index in [2.05, 4.69) is 92.5 Å². The molecule has 1 fully saturated rings. The Morgan fingerprint density at radius 3 is 0.926 bits per heavy atom. The van der Waals surface area contributed by atoms with Gasteiger partial charge in [0.15, 0.2) is 0 Å². The highest BCUT2D eigenvalue weighted by Gasteiger charge is 2.24. The monoisotopic (exact) mass is 384 g/mol. The minimum absolute atomic E-state index is 0.636. The summed E-state index contributed by atoms with van der Waals surface area (Å²) in [6.07, 6.45) is 3.70. The van der Waals surface area contributed by atoms with Crippen molar-refractivity contribution in [1.82, 2.24) is 29.4 Å². The maximum atomic E-state index is 2.64. The molecule has 1 heterocycles. The van der Waals surface area contributed by atoms with Gasteiger partial charge in [0.1, 0.15) is 0 Å². The Bertz CT molecular complexity index is 324. The Balaban J connectivity index is 2.59. The van der Waals surface area contributed by atoms with Gasteiger partial charge in [-0.2, -0.15) is 0 Å². The Labute approximate surface area is 170 Å². The molecule has 1 rings (SSSR count). The highest BCUT2D eigenvalue weighted by atomic mass is 15.5. The molecule has 0 radical (unpaired) electrons. The van der Waals surface area contributed by atoms with E-state index in [9.17, 15) is 0 Å². The van der Waals surface area contributed by atoms with Gasteiger partial charge in [-0.15, -0.1) is 0 Å². The van der Waals surface area contributed by atoms with E-state index in [-0.39, 0.29) is 0 Å². The van der Waals surface area contributed by atoms with Gasteiger partial charge in [0.05, 0.1) is 20.0 Å². The van der Waals surface area contributed by atoms with Crippen LogP contribution in [-0.2, 0) is 0 Å². The molecule has 1 saturated heterocycles. The van der Waals surface area contributed by atoms with Crippen molar-refractivity contribution < 1.29 is 0 Å². The van der Waals surface area contributed by atoms with Crippen LogP contribution in [0.1, 0.15) is 40.0 Å². The summed E-state index contributed by atoms with van der Waals surface area (Å²) in [4.78, 5) is 14.9. The maximum absolute atomic E-state index is 2.64. The fraction of sp³-hybridized carbons (Fsp3) is 1.00. The molecule has 0 aliphatic carbocycles. The molecule has 27 heavy (non-hydrogen) atoms. The van der Waals surface area contributed by atoms with Crippen molar-refractivity contribution in [3.8, 4) is 0 Å². The standard InChI is InChI=1S/C21H48N6/c1-19(22(4)5)10-13-25-16-26(14-11-20(2)23(6)7)18-27(17-25)15-12-21(3)24(8)9/h19-21H,10-18H2,1-9H3. The third-order valence-corrected chi connectivity index (χ3v) is 6.43. The molecule has 0 saturated carbocycles. The van der Waals surface area contributed by atoms with Crippen molar-refractivity contribution in [1.29, 1.82) is 0 Å². The third kappa shape index (κ3) is 9.68. The van der Waals surface area contributed by atoms with Gasteiger partial charge in [-0.1, -0.05) is 0 Å². The van der Waals surface area contributed by atoms with Gasteiger partial charge in [-0.3, -0.25) is 14.7 Å². The Morgan fingerprint density at radius 2 is 0.741 bits per heavy atom. The molecule has 6 nitrogen and oxygen atoms in total. The predicted molar refractivity (Wildman–Crippen MR) is 118 cm³/mol. The zero-order chi connectivity index (χ0) is 20.6. The van der Waals surface area contributed by atoms with Crippen molar-refractivity contribution in [2.24, 2.45) is 0 Å². The number of nitrogens with zero attached hydrogens (tertiary/aromatic N) is 6. The average Bonchev–Trinajstić information content (AvgIpc) is 2.61. The van der Waals surface area contributed by atoms with Crippen molar-refractivity contribution in [2.75, 3.05) is 81.9 Å². The molecular formula is C21H48N6. The average molecular weight is 385 g/mol. The first-order valence-electron chi connectivity index (χ1n) is 10.8. The lowest BCUT2D eigenvalue weighted by Crippen LogP contribution is -2.56. The van der Waals surface area contributed by atoms with Crippen molar-refractivity contribution >= 4 is 0 Å². The second kappa shape index (κ2) is 12.3. The van der Waals surface area contributed by atoms with Gasteiger partial charge >= 0.3 is 0 Å². The van der Waals surface area contributed by atoms with Crippen LogP contribution >= 0.6 is 0 Å². The van der Waals surface area contributed by atoms with E-state index in [4.69, 9.17) is 0 Å². The van der Waals surface area contributed by atoms with Crippen LogP contribution in [-0.4, -0.2) is 129 Å². The summed E-state index contributed by atoms with van der Waals surface area (Å²) in [5.41, 5.74) is 0. The third-order valence-electron chi connectivity index (χ3n) is 6.43. The van der Waals surface area contributed by atoms with E-state index in [0.717, 1.165) is 20.0 Å². The summed E-state index contributed by atoms with van der Waals surface area (Å²) in [6, 6.07) is 1.91. The summed E-state index contributed by atoms with van der Waals surface area (Å²) < 4.78 is 0. The fourth-order valence-corrected chi connectivity index (χ4v) is 3.29. The first kappa shape index (κ1) is 24.8. The van der Waals surface area contributed by atoms with Crippen LogP contribution in [0.3, 0.4) is 0 Å². The van der Waals surface area contributed by atoms with Crippen LogP contribution in [0, 0.1) is 0 Å². The predicted octanol–water partition coefficient (Wildman–Crippen LogP) is 1.80. The van der Waals surface area contributed by atoms with Crippen LogP contribution in [0.15, 0.2) is 0 Å². The lowest BCUT2D eigenvalue weighted by molar-refractivity contribution is -0.0361. The summed E-state index contributed by atoms with van der Waals surface area (Å²) in [7, 11) is 13.1. The molecule has 0 aromatic heterocycles. The van der Waals surface area contributed by atoms with E-state index in [1.807, 2.05) is 0 Å². The molecule has 0 aromatic carbocycles. The zero-order valence-electron chi connectivity index (χ0n) is 19.8. The highest BCUT2D eigenvalue weighted by molar-refractivity contribution is 4.74. The van der Waals surface area contributed by atoms with E-state index < -0.39 is 0 Å². The molecule has 1 aliphatic heterocycles. The normalized spacial score (nSPS) is 21.3. The minimum Gasteiger partial charge on any atom is -0.307 e. The molecule has 3 unspecified atom stereocenters. The van der Waals surface area contributed by atoms with Crippen LogP contribution in [0.4, 0.5) is 0 Å². The van der Waals surface area contributed by atoms with E-state index in [0.29, 0.717) is 18.1 Å². The van der Waals surface area contributed by atoms with Crippen molar-refractivity contribution in [3.63, 3.8) is 0 Å². The zero-order valence-corrected chi connectivity index (χ0v) is 19.8. The van der Waals surface area contributed by atoms with Crippen LogP contribution in [0.25, 0.3) is 0 Å². The van der Waals surface area contributed by atoms with Crippen LogP contribution < -0.4 is 0 Å². The smallest absolute Gasteiger partial charge is 0.0530 e. The summed E-state index contributed by atoms with van der Waals surface area (Å²) in [5, 5.41) is 0.